The van der Waals surface area contributed by atoms with Gasteiger partial charge in [-0.3, -0.25) is 4.79 Å². The Morgan fingerprint density at radius 2 is 2.14 bits per heavy atom. The van der Waals surface area contributed by atoms with Gasteiger partial charge >= 0.3 is 6.18 Å². The molecule has 0 radical (unpaired) electrons. The minimum atomic E-state index is -4.46. The molecule has 1 aromatic carbocycles. The van der Waals surface area contributed by atoms with Crippen molar-refractivity contribution in [2.24, 2.45) is 0 Å². The van der Waals surface area contributed by atoms with E-state index in [1.807, 2.05) is 0 Å². The number of anilines is 1. The number of halogens is 3. The molecular formula is C14H17F3N2OS. The number of thioether (sulfide) groups is 1. The molecule has 1 atom stereocenters. The standard InChI is InChI=1S/C14H17F3N2OS/c1-18-12-5-4-9(14(15,16)17)7-11(12)13(20)19-10-3-2-6-21-8-10/h4-5,7,10,18H,2-3,6,8H2,1H3,(H,19,20). The first-order valence-electron chi connectivity index (χ1n) is 6.69. The predicted octanol–water partition coefficient (Wildman–Crippen LogP) is 3.37. The molecule has 2 N–H and O–H groups in total. The maximum atomic E-state index is 12.8. The maximum absolute atomic E-state index is 12.8. The van der Waals surface area contributed by atoms with Crippen LogP contribution in [-0.2, 0) is 6.18 Å². The van der Waals surface area contributed by atoms with Crippen molar-refractivity contribution in [1.82, 2.24) is 5.32 Å². The molecule has 21 heavy (non-hydrogen) atoms. The van der Waals surface area contributed by atoms with Crippen LogP contribution in [0, 0.1) is 0 Å². The molecule has 1 unspecified atom stereocenters. The SMILES string of the molecule is CNc1ccc(C(F)(F)F)cc1C(=O)NC1CCCSC1. The van der Waals surface area contributed by atoms with Gasteiger partial charge in [-0.05, 0) is 36.8 Å². The van der Waals surface area contributed by atoms with Crippen LogP contribution in [0.25, 0.3) is 0 Å². The van der Waals surface area contributed by atoms with Gasteiger partial charge in [0.15, 0.2) is 0 Å². The molecule has 2 rings (SSSR count). The zero-order chi connectivity index (χ0) is 15.5. The summed E-state index contributed by atoms with van der Waals surface area (Å²) in [6, 6.07) is 3.18. The van der Waals surface area contributed by atoms with Crippen molar-refractivity contribution in [2.75, 3.05) is 23.9 Å². The number of alkyl halides is 3. The molecule has 116 valence electrons. The fraction of sp³-hybridized carbons (Fsp3) is 0.500. The van der Waals surface area contributed by atoms with Gasteiger partial charge in [0, 0.05) is 24.5 Å². The number of hydrogen-bond acceptors (Lipinski definition) is 3. The topological polar surface area (TPSA) is 41.1 Å². The predicted molar refractivity (Wildman–Crippen MR) is 78.8 cm³/mol. The van der Waals surface area contributed by atoms with Gasteiger partial charge in [-0.1, -0.05) is 0 Å². The van der Waals surface area contributed by atoms with Gasteiger partial charge in [0.25, 0.3) is 5.91 Å². The van der Waals surface area contributed by atoms with Gasteiger partial charge in [-0.15, -0.1) is 0 Å². The number of hydrogen-bond donors (Lipinski definition) is 2. The van der Waals surface area contributed by atoms with Crippen molar-refractivity contribution in [2.45, 2.75) is 25.1 Å². The van der Waals surface area contributed by atoms with E-state index in [1.165, 1.54) is 6.07 Å². The minimum absolute atomic E-state index is 0.0236. The van der Waals surface area contributed by atoms with Crippen molar-refractivity contribution >= 4 is 23.4 Å². The van der Waals surface area contributed by atoms with E-state index >= 15 is 0 Å². The summed E-state index contributed by atoms with van der Waals surface area (Å²) in [4.78, 5) is 12.2. The Bertz CT molecular complexity index is 513. The Kier molecular flexibility index (Phi) is 5.03. The Balaban J connectivity index is 2.21. The van der Waals surface area contributed by atoms with Gasteiger partial charge in [0.05, 0.1) is 11.1 Å². The number of carbonyl (C=O) groups excluding carboxylic acids is 1. The third-order valence-corrected chi connectivity index (χ3v) is 4.57. The molecule has 0 spiro atoms. The molecule has 7 heteroatoms. The maximum Gasteiger partial charge on any atom is 0.416 e. The first kappa shape index (κ1) is 16.0. The molecule has 1 aliphatic rings. The second-order valence-corrected chi connectivity index (χ2v) is 6.05. The van der Waals surface area contributed by atoms with E-state index < -0.39 is 17.6 Å². The lowest BCUT2D eigenvalue weighted by Crippen LogP contribution is -2.38. The van der Waals surface area contributed by atoms with Crippen LogP contribution in [0.4, 0.5) is 18.9 Å². The molecule has 0 saturated carbocycles. The zero-order valence-electron chi connectivity index (χ0n) is 11.6. The lowest BCUT2D eigenvalue weighted by molar-refractivity contribution is -0.137. The second kappa shape index (κ2) is 6.60. The Morgan fingerprint density at radius 3 is 2.71 bits per heavy atom. The minimum Gasteiger partial charge on any atom is -0.387 e. The fourth-order valence-electron chi connectivity index (χ4n) is 2.24. The van der Waals surface area contributed by atoms with Crippen molar-refractivity contribution in [3.63, 3.8) is 0 Å². The molecule has 1 fully saturated rings. The van der Waals surface area contributed by atoms with Crippen molar-refractivity contribution in [1.29, 1.82) is 0 Å². The summed E-state index contributed by atoms with van der Waals surface area (Å²) in [5.74, 6) is 1.41. The summed E-state index contributed by atoms with van der Waals surface area (Å²) < 4.78 is 38.3. The molecular weight excluding hydrogens is 301 g/mol. The van der Waals surface area contributed by atoms with Crippen molar-refractivity contribution < 1.29 is 18.0 Å². The summed E-state index contributed by atoms with van der Waals surface area (Å²) in [7, 11) is 1.58. The molecule has 3 nitrogen and oxygen atoms in total. The van der Waals surface area contributed by atoms with Crippen LogP contribution < -0.4 is 10.6 Å². The van der Waals surface area contributed by atoms with Crippen LogP contribution >= 0.6 is 11.8 Å². The molecule has 0 aromatic heterocycles. The highest BCUT2D eigenvalue weighted by Crippen LogP contribution is 2.32. The molecule has 1 aliphatic heterocycles. The fourth-order valence-corrected chi connectivity index (χ4v) is 3.32. The highest BCUT2D eigenvalue weighted by molar-refractivity contribution is 7.99. The van der Waals surface area contributed by atoms with E-state index in [2.05, 4.69) is 10.6 Å². The van der Waals surface area contributed by atoms with Crippen LogP contribution in [0.15, 0.2) is 18.2 Å². The van der Waals surface area contributed by atoms with Crippen LogP contribution in [0.5, 0.6) is 0 Å². The smallest absolute Gasteiger partial charge is 0.387 e. The van der Waals surface area contributed by atoms with Crippen LogP contribution in [0.2, 0.25) is 0 Å². The van der Waals surface area contributed by atoms with E-state index in [0.29, 0.717) is 5.69 Å². The quantitative estimate of drug-likeness (QED) is 0.898. The lowest BCUT2D eigenvalue weighted by atomic mass is 10.1. The van der Waals surface area contributed by atoms with Crippen molar-refractivity contribution in [3.8, 4) is 0 Å². The van der Waals surface area contributed by atoms with E-state index in [1.54, 1.807) is 18.8 Å². The van der Waals surface area contributed by atoms with Gasteiger partial charge in [0.1, 0.15) is 0 Å². The molecule has 1 saturated heterocycles. The zero-order valence-corrected chi connectivity index (χ0v) is 12.4. The first-order valence-corrected chi connectivity index (χ1v) is 7.85. The number of amides is 1. The second-order valence-electron chi connectivity index (χ2n) is 4.90. The van der Waals surface area contributed by atoms with E-state index in [-0.39, 0.29) is 11.6 Å². The van der Waals surface area contributed by atoms with Crippen LogP contribution in [0.3, 0.4) is 0 Å². The number of benzene rings is 1. The van der Waals surface area contributed by atoms with Gasteiger partial charge in [-0.2, -0.15) is 24.9 Å². The average molecular weight is 318 g/mol. The molecule has 1 aromatic rings. The monoisotopic (exact) mass is 318 g/mol. The van der Waals surface area contributed by atoms with Crippen molar-refractivity contribution in [3.05, 3.63) is 29.3 Å². The molecule has 1 amide bonds. The van der Waals surface area contributed by atoms with Gasteiger partial charge in [-0.25, -0.2) is 0 Å². The number of rotatable bonds is 3. The van der Waals surface area contributed by atoms with Crippen LogP contribution in [0.1, 0.15) is 28.8 Å². The molecule has 0 bridgehead atoms. The summed E-state index contributed by atoms with van der Waals surface area (Å²) in [5, 5.41) is 5.58. The van der Waals surface area contributed by atoms with E-state index in [9.17, 15) is 18.0 Å². The highest BCUT2D eigenvalue weighted by atomic mass is 32.2. The third-order valence-electron chi connectivity index (χ3n) is 3.36. The highest BCUT2D eigenvalue weighted by Gasteiger charge is 2.32. The molecule has 1 heterocycles. The number of carbonyl (C=O) groups is 1. The molecule has 0 aliphatic carbocycles. The summed E-state index contributed by atoms with van der Waals surface area (Å²) in [6.45, 7) is 0. The van der Waals surface area contributed by atoms with Gasteiger partial charge < -0.3 is 10.6 Å². The summed E-state index contributed by atoms with van der Waals surface area (Å²) in [6.07, 6.45) is -2.58. The van der Waals surface area contributed by atoms with E-state index in [0.717, 1.165) is 36.5 Å². The first-order chi connectivity index (χ1) is 9.91. The summed E-state index contributed by atoms with van der Waals surface area (Å²) in [5.41, 5.74) is -0.392. The third kappa shape index (κ3) is 4.06. The Labute approximate surface area is 125 Å². The van der Waals surface area contributed by atoms with Gasteiger partial charge in [0.2, 0.25) is 0 Å². The summed E-state index contributed by atoms with van der Waals surface area (Å²) >= 11 is 1.75. The number of nitrogens with one attached hydrogen (secondary N) is 2. The largest absolute Gasteiger partial charge is 0.416 e. The Morgan fingerprint density at radius 1 is 1.38 bits per heavy atom. The van der Waals surface area contributed by atoms with Crippen LogP contribution in [-0.4, -0.2) is 30.5 Å². The lowest BCUT2D eigenvalue weighted by Gasteiger charge is -2.23. The average Bonchev–Trinajstić information content (AvgIpc) is 2.46. The van der Waals surface area contributed by atoms with E-state index in [4.69, 9.17) is 0 Å². The Hall–Kier alpha value is -1.37. The normalized spacial score (nSPS) is 19.1.